The third kappa shape index (κ3) is 4.77. The SMILES string of the molecule is CC(CNC(=O)OCc1ccccc1)NN. The summed E-state index contributed by atoms with van der Waals surface area (Å²) in [5.41, 5.74) is 3.48. The number of hydrogen-bond acceptors (Lipinski definition) is 4. The zero-order valence-corrected chi connectivity index (χ0v) is 9.27. The van der Waals surface area contributed by atoms with Crippen LogP contribution < -0.4 is 16.6 Å². The molecule has 1 rings (SSSR count). The molecule has 1 aromatic carbocycles. The average Bonchev–Trinajstić information content (AvgIpc) is 2.34. The van der Waals surface area contributed by atoms with Crippen LogP contribution in [0.1, 0.15) is 12.5 Å². The third-order valence-electron chi connectivity index (χ3n) is 2.05. The van der Waals surface area contributed by atoms with E-state index in [0.717, 1.165) is 5.56 Å². The fourth-order valence-corrected chi connectivity index (χ4v) is 1.07. The van der Waals surface area contributed by atoms with Crippen molar-refractivity contribution < 1.29 is 9.53 Å². The largest absolute Gasteiger partial charge is 0.445 e. The van der Waals surface area contributed by atoms with Gasteiger partial charge in [-0.25, -0.2) is 4.79 Å². The van der Waals surface area contributed by atoms with Crippen molar-refractivity contribution in [2.75, 3.05) is 6.54 Å². The molecule has 1 aromatic rings. The highest BCUT2D eigenvalue weighted by Gasteiger charge is 2.04. The van der Waals surface area contributed by atoms with Gasteiger partial charge in [0, 0.05) is 12.6 Å². The van der Waals surface area contributed by atoms with E-state index in [-0.39, 0.29) is 12.6 Å². The topological polar surface area (TPSA) is 76.4 Å². The first-order chi connectivity index (χ1) is 7.72. The van der Waals surface area contributed by atoms with Crippen LogP contribution in [0.5, 0.6) is 0 Å². The highest BCUT2D eigenvalue weighted by atomic mass is 16.5. The zero-order chi connectivity index (χ0) is 11.8. The quantitative estimate of drug-likeness (QED) is 0.509. The van der Waals surface area contributed by atoms with Gasteiger partial charge in [-0.1, -0.05) is 30.3 Å². The van der Waals surface area contributed by atoms with Crippen LogP contribution in [0.3, 0.4) is 0 Å². The van der Waals surface area contributed by atoms with Crippen LogP contribution in [0.15, 0.2) is 30.3 Å². The number of carbonyl (C=O) groups is 1. The summed E-state index contributed by atoms with van der Waals surface area (Å²) in [5, 5.41) is 2.60. The lowest BCUT2D eigenvalue weighted by Gasteiger charge is -2.11. The Morgan fingerprint density at radius 3 is 2.75 bits per heavy atom. The lowest BCUT2D eigenvalue weighted by molar-refractivity contribution is 0.139. The number of benzene rings is 1. The Hall–Kier alpha value is -1.59. The van der Waals surface area contributed by atoms with Crippen molar-refractivity contribution in [3.05, 3.63) is 35.9 Å². The van der Waals surface area contributed by atoms with Crippen molar-refractivity contribution >= 4 is 6.09 Å². The van der Waals surface area contributed by atoms with Gasteiger partial charge in [-0.2, -0.15) is 0 Å². The molecule has 0 saturated heterocycles. The third-order valence-corrected chi connectivity index (χ3v) is 2.05. The molecule has 0 saturated carbocycles. The normalized spacial score (nSPS) is 11.9. The molecule has 16 heavy (non-hydrogen) atoms. The fraction of sp³-hybridized carbons (Fsp3) is 0.364. The summed E-state index contributed by atoms with van der Waals surface area (Å²) in [7, 11) is 0. The molecule has 4 N–H and O–H groups in total. The summed E-state index contributed by atoms with van der Waals surface area (Å²) in [6.07, 6.45) is -0.439. The van der Waals surface area contributed by atoms with E-state index in [4.69, 9.17) is 10.6 Å². The van der Waals surface area contributed by atoms with E-state index in [0.29, 0.717) is 6.54 Å². The summed E-state index contributed by atoms with van der Waals surface area (Å²) >= 11 is 0. The first-order valence-corrected chi connectivity index (χ1v) is 5.13. The monoisotopic (exact) mass is 223 g/mol. The van der Waals surface area contributed by atoms with Crippen molar-refractivity contribution in [2.24, 2.45) is 5.84 Å². The molecule has 88 valence electrons. The van der Waals surface area contributed by atoms with Crippen LogP contribution in [0.4, 0.5) is 4.79 Å². The van der Waals surface area contributed by atoms with Crippen molar-refractivity contribution in [2.45, 2.75) is 19.6 Å². The van der Waals surface area contributed by atoms with Crippen LogP contribution in [-0.2, 0) is 11.3 Å². The number of nitrogens with two attached hydrogens (primary N) is 1. The van der Waals surface area contributed by atoms with Gasteiger partial charge in [0.1, 0.15) is 6.61 Å². The molecule has 0 aliphatic heterocycles. The highest BCUT2D eigenvalue weighted by Crippen LogP contribution is 2.00. The molecule has 0 radical (unpaired) electrons. The maximum atomic E-state index is 11.2. The number of carbonyl (C=O) groups excluding carboxylic acids is 1. The highest BCUT2D eigenvalue weighted by molar-refractivity contribution is 5.67. The standard InChI is InChI=1S/C11H17N3O2/c1-9(14-12)7-13-11(15)16-8-10-5-3-2-4-6-10/h2-6,9,14H,7-8,12H2,1H3,(H,13,15). The second-order valence-electron chi connectivity index (χ2n) is 3.51. The van der Waals surface area contributed by atoms with Gasteiger partial charge in [0.15, 0.2) is 0 Å². The van der Waals surface area contributed by atoms with Crippen molar-refractivity contribution in [3.8, 4) is 0 Å². The smallest absolute Gasteiger partial charge is 0.407 e. The summed E-state index contributed by atoms with van der Waals surface area (Å²) in [6, 6.07) is 9.53. The van der Waals surface area contributed by atoms with E-state index in [1.807, 2.05) is 37.3 Å². The number of rotatable bonds is 5. The number of amides is 1. The predicted octanol–water partition coefficient (Wildman–Crippen LogP) is 0.765. The number of alkyl carbamates (subject to hydrolysis) is 1. The molecule has 0 bridgehead atoms. The van der Waals surface area contributed by atoms with Gasteiger partial charge in [0.05, 0.1) is 0 Å². The lowest BCUT2D eigenvalue weighted by Crippen LogP contribution is -2.42. The predicted molar refractivity (Wildman–Crippen MR) is 61.4 cm³/mol. The van der Waals surface area contributed by atoms with Gasteiger partial charge in [-0.3, -0.25) is 11.3 Å². The molecule has 1 amide bonds. The number of ether oxygens (including phenoxy) is 1. The van der Waals surface area contributed by atoms with E-state index in [1.165, 1.54) is 0 Å². The van der Waals surface area contributed by atoms with E-state index < -0.39 is 6.09 Å². The van der Waals surface area contributed by atoms with Crippen molar-refractivity contribution in [1.82, 2.24) is 10.7 Å². The van der Waals surface area contributed by atoms with E-state index >= 15 is 0 Å². The van der Waals surface area contributed by atoms with Gasteiger partial charge in [0.2, 0.25) is 0 Å². The van der Waals surface area contributed by atoms with Crippen LogP contribution in [0.25, 0.3) is 0 Å². The Balaban J connectivity index is 2.20. The first kappa shape index (κ1) is 12.5. The second-order valence-corrected chi connectivity index (χ2v) is 3.51. The van der Waals surface area contributed by atoms with Gasteiger partial charge in [0.25, 0.3) is 0 Å². The van der Waals surface area contributed by atoms with Gasteiger partial charge < -0.3 is 10.1 Å². The molecule has 0 aliphatic carbocycles. The summed E-state index contributed by atoms with van der Waals surface area (Å²) in [6.45, 7) is 2.57. The molecule has 0 aliphatic rings. The van der Waals surface area contributed by atoms with Crippen LogP contribution in [0.2, 0.25) is 0 Å². The fourth-order valence-electron chi connectivity index (χ4n) is 1.07. The minimum atomic E-state index is -0.439. The number of nitrogens with one attached hydrogen (secondary N) is 2. The van der Waals surface area contributed by atoms with E-state index in [9.17, 15) is 4.79 Å². The Morgan fingerprint density at radius 2 is 2.12 bits per heavy atom. The number of hydrazine groups is 1. The molecule has 1 atom stereocenters. The summed E-state index contributed by atoms with van der Waals surface area (Å²) in [4.78, 5) is 11.2. The minimum absolute atomic E-state index is 0.0178. The zero-order valence-electron chi connectivity index (χ0n) is 9.27. The van der Waals surface area contributed by atoms with Crippen LogP contribution in [-0.4, -0.2) is 18.7 Å². The molecule has 1 unspecified atom stereocenters. The second kappa shape index (κ2) is 6.81. The molecular formula is C11H17N3O2. The Labute approximate surface area is 94.9 Å². The maximum absolute atomic E-state index is 11.2. The van der Waals surface area contributed by atoms with Gasteiger partial charge >= 0.3 is 6.09 Å². The molecule has 5 heteroatoms. The maximum Gasteiger partial charge on any atom is 0.407 e. The van der Waals surface area contributed by atoms with Gasteiger partial charge in [-0.05, 0) is 12.5 Å². The molecule has 0 heterocycles. The molecular weight excluding hydrogens is 206 g/mol. The minimum Gasteiger partial charge on any atom is -0.445 e. The Morgan fingerprint density at radius 1 is 1.44 bits per heavy atom. The van der Waals surface area contributed by atoms with Crippen molar-refractivity contribution in [3.63, 3.8) is 0 Å². The lowest BCUT2D eigenvalue weighted by atomic mass is 10.2. The molecule has 0 spiro atoms. The Bertz CT molecular complexity index is 316. The summed E-state index contributed by atoms with van der Waals surface area (Å²) in [5.74, 6) is 5.18. The van der Waals surface area contributed by atoms with Crippen LogP contribution in [0, 0.1) is 0 Å². The average molecular weight is 223 g/mol. The summed E-state index contributed by atoms with van der Waals surface area (Å²) < 4.78 is 5.00. The molecule has 0 aromatic heterocycles. The van der Waals surface area contributed by atoms with Crippen molar-refractivity contribution in [1.29, 1.82) is 0 Å². The Kier molecular flexibility index (Phi) is 5.31. The first-order valence-electron chi connectivity index (χ1n) is 5.13. The van der Waals surface area contributed by atoms with Crippen LogP contribution >= 0.6 is 0 Å². The van der Waals surface area contributed by atoms with E-state index in [2.05, 4.69) is 10.7 Å². The number of hydrogen-bond donors (Lipinski definition) is 3. The van der Waals surface area contributed by atoms with E-state index in [1.54, 1.807) is 0 Å². The molecule has 5 nitrogen and oxygen atoms in total. The molecule has 0 fully saturated rings. The van der Waals surface area contributed by atoms with Gasteiger partial charge in [-0.15, -0.1) is 0 Å².